The molecule has 0 bridgehead atoms. The van der Waals surface area contributed by atoms with Crippen LogP contribution in [0.1, 0.15) is 6.92 Å². The van der Waals surface area contributed by atoms with Crippen molar-refractivity contribution < 1.29 is 28.9 Å². The number of carbonyl (C=O) groups excluding carboxylic acids is 2. The molecule has 0 saturated carbocycles. The lowest BCUT2D eigenvalue weighted by atomic mass is 9.89. The van der Waals surface area contributed by atoms with Gasteiger partial charge in [-0.1, -0.05) is 6.58 Å². The SMILES string of the molecule is C=C=C(C)[C@H](OCOC)[C@H]1[C@@H](O)C(=O)N1CC(=O)OC. The maximum Gasteiger partial charge on any atom is 0.325 e. The first-order chi connectivity index (χ1) is 9.47. The summed E-state index contributed by atoms with van der Waals surface area (Å²) in [5.74, 6) is -1.11. The van der Waals surface area contributed by atoms with Gasteiger partial charge in [-0.05, 0) is 12.5 Å². The van der Waals surface area contributed by atoms with E-state index in [0.29, 0.717) is 5.57 Å². The third kappa shape index (κ3) is 3.26. The van der Waals surface area contributed by atoms with E-state index in [4.69, 9.17) is 9.47 Å². The van der Waals surface area contributed by atoms with E-state index in [9.17, 15) is 14.7 Å². The molecule has 3 atom stereocenters. The van der Waals surface area contributed by atoms with Crippen molar-refractivity contribution in [1.29, 1.82) is 0 Å². The third-order valence-corrected chi connectivity index (χ3v) is 3.13. The number of hydrogen-bond donors (Lipinski definition) is 1. The van der Waals surface area contributed by atoms with Crippen LogP contribution >= 0.6 is 0 Å². The van der Waals surface area contributed by atoms with Crippen LogP contribution in [0.5, 0.6) is 0 Å². The van der Waals surface area contributed by atoms with Crippen molar-refractivity contribution >= 4 is 11.9 Å². The molecular weight excluding hydrogens is 266 g/mol. The Balaban J connectivity index is 2.89. The molecule has 7 nitrogen and oxygen atoms in total. The summed E-state index contributed by atoms with van der Waals surface area (Å²) in [5.41, 5.74) is 3.27. The lowest BCUT2D eigenvalue weighted by Crippen LogP contribution is -2.70. The van der Waals surface area contributed by atoms with Crippen LogP contribution in [0.25, 0.3) is 0 Å². The van der Waals surface area contributed by atoms with Crippen molar-refractivity contribution in [2.75, 3.05) is 27.6 Å². The monoisotopic (exact) mass is 285 g/mol. The number of esters is 1. The van der Waals surface area contributed by atoms with Crippen molar-refractivity contribution in [2.45, 2.75) is 25.2 Å². The van der Waals surface area contributed by atoms with Crippen LogP contribution in [0.3, 0.4) is 0 Å². The van der Waals surface area contributed by atoms with E-state index in [1.807, 2.05) is 0 Å². The fourth-order valence-corrected chi connectivity index (χ4v) is 1.99. The first-order valence-electron chi connectivity index (χ1n) is 6.00. The zero-order valence-corrected chi connectivity index (χ0v) is 11.8. The predicted octanol–water partition coefficient (Wildman–Crippen LogP) is -0.549. The standard InChI is InChI=1S/C13H19NO6/c1-5-8(2)12(20-7-18-3)10-11(16)13(17)14(10)6-9(15)19-4/h10-12,16H,1,6-7H2,2-4H3/t10-,11-,12+/m1/s1. The van der Waals surface area contributed by atoms with E-state index >= 15 is 0 Å². The molecule has 0 aromatic rings. The lowest BCUT2D eigenvalue weighted by molar-refractivity contribution is -0.187. The Morgan fingerprint density at radius 3 is 2.70 bits per heavy atom. The Hall–Kier alpha value is -1.66. The molecule has 1 amide bonds. The van der Waals surface area contributed by atoms with Crippen LogP contribution < -0.4 is 0 Å². The van der Waals surface area contributed by atoms with Crippen LogP contribution in [0, 0.1) is 0 Å². The fraction of sp³-hybridized carbons (Fsp3) is 0.615. The number of rotatable bonds is 7. The maximum absolute atomic E-state index is 11.6. The van der Waals surface area contributed by atoms with Gasteiger partial charge in [0.1, 0.15) is 19.4 Å². The summed E-state index contributed by atoms with van der Waals surface area (Å²) >= 11 is 0. The van der Waals surface area contributed by atoms with Gasteiger partial charge in [-0.15, -0.1) is 5.73 Å². The van der Waals surface area contributed by atoms with Crippen molar-refractivity contribution in [3.8, 4) is 0 Å². The number of amides is 1. The number of aliphatic hydroxyl groups is 1. The zero-order valence-electron chi connectivity index (χ0n) is 11.8. The predicted molar refractivity (Wildman–Crippen MR) is 68.6 cm³/mol. The van der Waals surface area contributed by atoms with Crippen LogP contribution in [-0.4, -0.2) is 67.7 Å². The number of likely N-dealkylation sites (tertiary alicyclic amines) is 1. The quantitative estimate of drug-likeness (QED) is 0.292. The number of β-lactam (4-membered cyclic amide) rings is 1. The van der Waals surface area contributed by atoms with Gasteiger partial charge in [0, 0.05) is 7.11 Å². The van der Waals surface area contributed by atoms with Gasteiger partial charge in [-0.25, -0.2) is 0 Å². The highest BCUT2D eigenvalue weighted by Gasteiger charge is 2.52. The Kier molecular flexibility index (Phi) is 5.91. The topological polar surface area (TPSA) is 85.3 Å². The van der Waals surface area contributed by atoms with Gasteiger partial charge in [0.2, 0.25) is 0 Å². The Bertz CT molecular complexity index is 429. The summed E-state index contributed by atoms with van der Waals surface area (Å²) in [7, 11) is 2.68. The Morgan fingerprint density at radius 2 is 2.20 bits per heavy atom. The minimum absolute atomic E-state index is 0.0207. The molecule has 0 spiro atoms. The molecule has 1 aliphatic heterocycles. The van der Waals surface area contributed by atoms with Crippen molar-refractivity contribution in [3.05, 3.63) is 17.9 Å². The maximum atomic E-state index is 11.6. The molecule has 112 valence electrons. The summed E-state index contributed by atoms with van der Waals surface area (Å²) in [6, 6.07) is -0.689. The number of nitrogens with zero attached hydrogens (tertiary/aromatic N) is 1. The van der Waals surface area contributed by atoms with Crippen LogP contribution in [0.4, 0.5) is 0 Å². The van der Waals surface area contributed by atoms with Crippen LogP contribution in [0.2, 0.25) is 0 Å². The van der Waals surface area contributed by atoms with Gasteiger partial charge in [0.25, 0.3) is 5.91 Å². The van der Waals surface area contributed by atoms with Crippen LogP contribution in [-0.2, 0) is 23.8 Å². The largest absolute Gasteiger partial charge is 0.468 e. The number of methoxy groups -OCH3 is 2. The number of carbonyl (C=O) groups is 2. The molecule has 20 heavy (non-hydrogen) atoms. The average molecular weight is 285 g/mol. The van der Waals surface area contributed by atoms with Gasteiger partial charge >= 0.3 is 5.97 Å². The second-order valence-electron chi connectivity index (χ2n) is 4.33. The summed E-state index contributed by atoms with van der Waals surface area (Å²) in [5, 5.41) is 9.82. The smallest absolute Gasteiger partial charge is 0.325 e. The normalized spacial score (nSPS) is 22.8. The second-order valence-corrected chi connectivity index (χ2v) is 4.33. The number of aliphatic hydroxyl groups excluding tert-OH is 1. The van der Waals surface area contributed by atoms with Gasteiger partial charge < -0.3 is 24.2 Å². The van der Waals surface area contributed by atoms with E-state index in [-0.39, 0.29) is 13.3 Å². The lowest BCUT2D eigenvalue weighted by Gasteiger charge is -2.47. The minimum Gasteiger partial charge on any atom is -0.468 e. The van der Waals surface area contributed by atoms with Gasteiger partial charge in [-0.2, -0.15) is 0 Å². The van der Waals surface area contributed by atoms with Gasteiger partial charge in [-0.3, -0.25) is 9.59 Å². The molecule has 0 radical (unpaired) electrons. The highest BCUT2D eigenvalue weighted by atomic mass is 16.7. The van der Waals surface area contributed by atoms with E-state index in [1.54, 1.807) is 6.92 Å². The highest BCUT2D eigenvalue weighted by molar-refractivity contribution is 5.91. The Labute approximate surface area is 117 Å². The summed E-state index contributed by atoms with van der Waals surface area (Å²) in [4.78, 5) is 24.1. The molecule has 0 unspecified atom stereocenters. The molecule has 0 aliphatic carbocycles. The van der Waals surface area contributed by atoms with E-state index in [0.717, 1.165) is 0 Å². The first kappa shape index (κ1) is 16.4. The zero-order chi connectivity index (χ0) is 15.3. The van der Waals surface area contributed by atoms with Gasteiger partial charge in [0.15, 0.2) is 6.10 Å². The second kappa shape index (κ2) is 7.21. The fourth-order valence-electron chi connectivity index (χ4n) is 1.99. The highest BCUT2D eigenvalue weighted by Crippen LogP contribution is 2.28. The molecule has 7 heteroatoms. The third-order valence-electron chi connectivity index (χ3n) is 3.13. The molecule has 1 aliphatic rings. The molecule has 1 fully saturated rings. The number of hydrogen-bond acceptors (Lipinski definition) is 6. The van der Waals surface area contributed by atoms with Crippen molar-refractivity contribution in [3.63, 3.8) is 0 Å². The molecule has 1 saturated heterocycles. The van der Waals surface area contributed by atoms with Crippen LogP contribution in [0.15, 0.2) is 17.9 Å². The summed E-state index contributed by atoms with van der Waals surface area (Å²) in [6.07, 6.45) is -1.88. The molecule has 1 N–H and O–H groups in total. The summed E-state index contributed by atoms with van der Waals surface area (Å²) in [6.45, 7) is 4.96. The first-order valence-corrected chi connectivity index (χ1v) is 6.00. The number of ether oxygens (including phenoxy) is 3. The van der Waals surface area contributed by atoms with Gasteiger partial charge in [0.05, 0.1) is 13.2 Å². The van der Waals surface area contributed by atoms with E-state index in [2.05, 4.69) is 17.0 Å². The average Bonchev–Trinajstić information content (AvgIpc) is 2.48. The molecule has 0 aromatic heterocycles. The molecule has 1 heterocycles. The molecular formula is C13H19NO6. The molecule has 0 aromatic carbocycles. The Morgan fingerprint density at radius 1 is 1.55 bits per heavy atom. The van der Waals surface area contributed by atoms with E-state index < -0.39 is 30.1 Å². The minimum atomic E-state index is -1.23. The van der Waals surface area contributed by atoms with E-state index in [1.165, 1.54) is 19.1 Å². The van der Waals surface area contributed by atoms with Crippen molar-refractivity contribution in [2.24, 2.45) is 0 Å². The summed E-state index contributed by atoms with van der Waals surface area (Å²) < 4.78 is 14.8. The van der Waals surface area contributed by atoms with Crippen molar-refractivity contribution in [1.82, 2.24) is 4.90 Å². The molecule has 1 rings (SSSR count).